The average Bonchev–Trinajstić information content (AvgIpc) is 2.80. The van der Waals surface area contributed by atoms with Crippen molar-refractivity contribution in [2.24, 2.45) is 0 Å². The molecule has 0 aliphatic carbocycles. The highest BCUT2D eigenvalue weighted by Crippen LogP contribution is 2.28. The van der Waals surface area contributed by atoms with Crippen LogP contribution in [0.2, 0.25) is 0 Å². The molecule has 1 saturated heterocycles. The first kappa shape index (κ1) is 30.4. The van der Waals surface area contributed by atoms with Crippen molar-refractivity contribution in [1.82, 2.24) is 10.6 Å². The van der Waals surface area contributed by atoms with Crippen molar-refractivity contribution in [3.05, 3.63) is 25.3 Å². The standard InChI is InChI=1S/C22H32N2O12/c1-6-9-31-21(28)23-8-11-30-20-17(24-22(29)32-10-7-2)19(35-15(5)27)18(34-14(4)26)16(36-20)12-33-13(3)25/h6-7,16-20H,1-2,8-12H2,3-5H3,(H,23,28)(H,24,29)/t16-,17-,18-,19-,20-/m1/s1. The minimum absolute atomic E-state index is 0.0106. The Morgan fingerprint density at radius 3 is 1.97 bits per heavy atom. The molecule has 1 fully saturated rings. The van der Waals surface area contributed by atoms with E-state index in [1.807, 2.05) is 0 Å². The molecule has 0 saturated carbocycles. The minimum atomic E-state index is -1.33. The first-order valence-corrected chi connectivity index (χ1v) is 10.9. The Morgan fingerprint density at radius 1 is 0.833 bits per heavy atom. The van der Waals surface area contributed by atoms with Gasteiger partial charge in [-0.1, -0.05) is 25.3 Å². The second kappa shape index (κ2) is 16.1. The minimum Gasteiger partial charge on any atom is -0.463 e. The lowest BCUT2D eigenvalue weighted by atomic mass is 9.96. The number of hydrogen-bond acceptors (Lipinski definition) is 12. The van der Waals surface area contributed by atoms with Crippen molar-refractivity contribution in [2.45, 2.75) is 51.4 Å². The van der Waals surface area contributed by atoms with Gasteiger partial charge in [-0.15, -0.1) is 0 Å². The molecule has 2 N–H and O–H groups in total. The number of ether oxygens (including phenoxy) is 7. The Morgan fingerprint density at radius 2 is 1.42 bits per heavy atom. The summed E-state index contributed by atoms with van der Waals surface area (Å²) in [4.78, 5) is 58.9. The molecule has 36 heavy (non-hydrogen) atoms. The van der Waals surface area contributed by atoms with E-state index in [0.29, 0.717) is 0 Å². The van der Waals surface area contributed by atoms with E-state index in [1.165, 1.54) is 12.2 Å². The second-order valence-electron chi connectivity index (χ2n) is 7.24. The Kier molecular flexibility index (Phi) is 13.6. The van der Waals surface area contributed by atoms with Gasteiger partial charge in [-0.05, 0) is 0 Å². The van der Waals surface area contributed by atoms with Gasteiger partial charge in [0.2, 0.25) is 0 Å². The van der Waals surface area contributed by atoms with Crippen LogP contribution in [0.1, 0.15) is 20.8 Å². The van der Waals surface area contributed by atoms with E-state index in [-0.39, 0.29) is 33.0 Å². The van der Waals surface area contributed by atoms with Crippen LogP contribution >= 0.6 is 0 Å². The van der Waals surface area contributed by atoms with Crippen molar-refractivity contribution < 1.29 is 57.1 Å². The molecule has 1 heterocycles. The van der Waals surface area contributed by atoms with Gasteiger partial charge in [0.15, 0.2) is 18.5 Å². The van der Waals surface area contributed by atoms with Crippen molar-refractivity contribution in [3.8, 4) is 0 Å². The van der Waals surface area contributed by atoms with Gasteiger partial charge in [0.25, 0.3) is 0 Å². The van der Waals surface area contributed by atoms with Gasteiger partial charge >= 0.3 is 30.1 Å². The van der Waals surface area contributed by atoms with Crippen LogP contribution in [0, 0.1) is 0 Å². The monoisotopic (exact) mass is 516 g/mol. The second-order valence-corrected chi connectivity index (χ2v) is 7.24. The number of hydrogen-bond donors (Lipinski definition) is 2. The largest absolute Gasteiger partial charge is 0.463 e. The summed E-state index contributed by atoms with van der Waals surface area (Å²) < 4.78 is 36.9. The third kappa shape index (κ3) is 11.2. The van der Waals surface area contributed by atoms with Crippen LogP contribution in [0.15, 0.2) is 25.3 Å². The predicted molar refractivity (Wildman–Crippen MR) is 120 cm³/mol. The van der Waals surface area contributed by atoms with Crippen LogP contribution < -0.4 is 10.6 Å². The molecule has 14 nitrogen and oxygen atoms in total. The van der Waals surface area contributed by atoms with Gasteiger partial charge in [-0.3, -0.25) is 14.4 Å². The van der Waals surface area contributed by atoms with Crippen LogP contribution in [0.5, 0.6) is 0 Å². The van der Waals surface area contributed by atoms with E-state index in [2.05, 4.69) is 23.8 Å². The van der Waals surface area contributed by atoms with E-state index in [4.69, 9.17) is 33.2 Å². The van der Waals surface area contributed by atoms with Crippen molar-refractivity contribution >= 4 is 30.1 Å². The van der Waals surface area contributed by atoms with Gasteiger partial charge in [-0.25, -0.2) is 9.59 Å². The van der Waals surface area contributed by atoms with E-state index >= 15 is 0 Å². The third-order valence-electron chi connectivity index (χ3n) is 4.30. The molecule has 5 atom stereocenters. The smallest absolute Gasteiger partial charge is 0.407 e. The molecule has 0 aromatic carbocycles. The number of rotatable bonds is 13. The zero-order valence-electron chi connectivity index (χ0n) is 20.4. The van der Waals surface area contributed by atoms with Crippen LogP contribution in [0.4, 0.5) is 9.59 Å². The van der Waals surface area contributed by atoms with Crippen molar-refractivity contribution in [3.63, 3.8) is 0 Å². The zero-order chi connectivity index (χ0) is 27.1. The fraction of sp³-hybridized carbons (Fsp3) is 0.591. The van der Waals surface area contributed by atoms with Gasteiger partial charge in [0.1, 0.15) is 32.0 Å². The maximum atomic E-state index is 12.3. The van der Waals surface area contributed by atoms with Crippen molar-refractivity contribution in [2.75, 3.05) is 33.0 Å². The quantitative estimate of drug-likeness (QED) is 0.149. The van der Waals surface area contributed by atoms with Gasteiger partial charge in [-0.2, -0.15) is 0 Å². The highest BCUT2D eigenvalue weighted by Gasteiger charge is 2.51. The van der Waals surface area contributed by atoms with E-state index in [0.717, 1.165) is 20.8 Å². The molecule has 1 aliphatic rings. The summed E-state index contributed by atoms with van der Waals surface area (Å²) in [5, 5.41) is 4.90. The lowest BCUT2D eigenvalue weighted by Gasteiger charge is -2.44. The molecule has 1 rings (SSSR count). The van der Waals surface area contributed by atoms with Crippen LogP contribution in [-0.4, -0.2) is 93.7 Å². The number of nitrogens with one attached hydrogen (secondary N) is 2. The molecule has 0 unspecified atom stereocenters. The molecule has 2 amide bonds. The Hall–Kier alpha value is -3.65. The summed E-state index contributed by atoms with van der Waals surface area (Å²) in [5.74, 6) is -2.15. The SMILES string of the molecule is C=CCOC(=O)NCCO[C@@H]1O[C@H](COC(C)=O)[C@@H](OC(C)=O)[C@H](OC(C)=O)[C@H]1NC(=O)OCC=C. The van der Waals surface area contributed by atoms with Gasteiger partial charge in [0, 0.05) is 27.3 Å². The summed E-state index contributed by atoms with van der Waals surface area (Å²) in [6, 6.07) is -1.24. The fourth-order valence-electron chi connectivity index (χ4n) is 3.02. The number of amides is 2. The number of carbonyl (C=O) groups is 5. The molecule has 0 aromatic heterocycles. The summed E-state index contributed by atoms with van der Waals surface area (Å²) in [6.45, 7) is 9.62. The number of carbonyl (C=O) groups excluding carboxylic acids is 5. The first-order valence-electron chi connectivity index (χ1n) is 10.9. The topological polar surface area (TPSA) is 174 Å². The van der Waals surface area contributed by atoms with E-state index < -0.39 is 60.7 Å². The van der Waals surface area contributed by atoms with Gasteiger partial charge in [0.05, 0.1) is 6.61 Å². The normalized spacial score (nSPS) is 22.8. The summed E-state index contributed by atoms with van der Waals surface area (Å²) in [5.41, 5.74) is 0. The average molecular weight is 517 g/mol. The first-order chi connectivity index (χ1) is 17.1. The Labute approximate surface area is 208 Å². The number of alkyl carbamates (subject to hydrolysis) is 2. The van der Waals surface area contributed by atoms with E-state index in [1.54, 1.807) is 0 Å². The lowest BCUT2D eigenvalue weighted by molar-refractivity contribution is -0.276. The Bertz CT molecular complexity index is 802. The fourth-order valence-corrected chi connectivity index (χ4v) is 3.02. The molecule has 0 radical (unpaired) electrons. The van der Waals surface area contributed by atoms with Crippen molar-refractivity contribution in [1.29, 1.82) is 0 Å². The molecule has 0 spiro atoms. The lowest BCUT2D eigenvalue weighted by Crippen LogP contribution is -2.67. The van der Waals surface area contributed by atoms with E-state index in [9.17, 15) is 24.0 Å². The predicted octanol–water partition coefficient (Wildman–Crippen LogP) is 0.347. The molecule has 0 aromatic rings. The maximum absolute atomic E-state index is 12.3. The van der Waals surface area contributed by atoms with Crippen LogP contribution in [0.3, 0.4) is 0 Å². The summed E-state index contributed by atoms with van der Waals surface area (Å²) >= 11 is 0. The van der Waals surface area contributed by atoms with Crippen LogP contribution in [0.25, 0.3) is 0 Å². The zero-order valence-corrected chi connectivity index (χ0v) is 20.4. The summed E-state index contributed by atoms with van der Waals surface area (Å²) in [7, 11) is 0. The Balaban J connectivity index is 3.16. The molecule has 1 aliphatic heterocycles. The maximum Gasteiger partial charge on any atom is 0.407 e. The highest BCUT2D eigenvalue weighted by atomic mass is 16.7. The summed E-state index contributed by atoms with van der Waals surface area (Å²) in [6.07, 6.45) is -3.99. The number of esters is 3. The molecular formula is C22H32N2O12. The van der Waals surface area contributed by atoms with Crippen LogP contribution in [-0.2, 0) is 47.5 Å². The third-order valence-corrected chi connectivity index (χ3v) is 4.30. The molecule has 202 valence electrons. The van der Waals surface area contributed by atoms with Gasteiger partial charge < -0.3 is 43.8 Å². The molecule has 0 bridgehead atoms. The highest BCUT2D eigenvalue weighted by molar-refractivity contribution is 5.69. The molecular weight excluding hydrogens is 484 g/mol. The molecule has 14 heteroatoms.